The maximum absolute atomic E-state index is 12.3. The molecular weight excluding hydrogens is 318 g/mol. The Hall–Kier alpha value is -2.53. The number of para-hydroxylation sites is 1. The SMILES string of the molecule is CCn1ccnc1SCC(=O)Nc1ccccc1-c1ccccc1. The number of benzene rings is 2. The zero-order valence-corrected chi connectivity index (χ0v) is 14.3. The predicted octanol–water partition coefficient (Wildman–Crippen LogP) is 4.30. The first-order valence-corrected chi connectivity index (χ1v) is 8.84. The molecule has 0 aliphatic rings. The Morgan fingerprint density at radius 3 is 2.67 bits per heavy atom. The molecular formula is C19H19N3OS. The fourth-order valence-corrected chi connectivity index (χ4v) is 3.28. The lowest BCUT2D eigenvalue weighted by atomic mass is 10.0. The van der Waals surface area contributed by atoms with Crippen molar-refractivity contribution in [2.24, 2.45) is 0 Å². The maximum Gasteiger partial charge on any atom is 0.234 e. The van der Waals surface area contributed by atoms with Crippen molar-refractivity contribution < 1.29 is 4.79 Å². The zero-order chi connectivity index (χ0) is 16.8. The van der Waals surface area contributed by atoms with Crippen LogP contribution < -0.4 is 5.32 Å². The van der Waals surface area contributed by atoms with Gasteiger partial charge in [-0.1, -0.05) is 60.3 Å². The first-order chi connectivity index (χ1) is 11.8. The summed E-state index contributed by atoms with van der Waals surface area (Å²) in [6, 6.07) is 17.9. The zero-order valence-electron chi connectivity index (χ0n) is 13.5. The molecule has 24 heavy (non-hydrogen) atoms. The van der Waals surface area contributed by atoms with Crippen molar-refractivity contribution in [3.63, 3.8) is 0 Å². The molecule has 122 valence electrons. The number of anilines is 1. The van der Waals surface area contributed by atoms with E-state index in [1.165, 1.54) is 11.8 Å². The second kappa shape index (κ2) is 7.84. The first kappa shape index (κ1) is 16.3. The van der Waals surface area contributed by atoms with E-state index in [0.29, 0.717) is 5.75 Å². The van der Waals surface area contributed by atoms with Crippen molar-refractivity contribution in [3.8, 4) is 11.1 Å². The molecule has 2 aromatic carbocycles. The van der Waals surface area contributed by atoms with Crippen molar-refractivity contribution in [1.29, 1.82) is 0 Å². The number of nitrogens with one attached hydrogen (secondary N) is 1. The van der Waals surface area contributed by atoms with Gasteiger partial charge in [0.25, 0.3) is 0 Å². The Morgan fingerprint density at radius 2 is 1.88 bits per heavy atom. The van der Waals surface area contributed by atoms with E-state index < -0.39 is 0 Å². The smallest absolute Gasteiger partial charge is 0.234 e. The molecule has 0 saturated carbocycles. The molecule has 0 bridgehead atoms. The van der Waals surface area contributed by atoms with Gasteiger partial charge in [0, 0.05) is 30.2 Å². The van der Waals surface area contributed by atoms with E-state index in [9.17, 15) is 4.79 Å². The van der Waals surface area contributed by atoms with Crippen LogP contribution in [0.3, 0.4) is 0 Å². The van der Waals surface area contributed by atoms with Crippen LogP contribution in [0.15, 0.2) is 72.1 Å². The van der Waals surface area contributed by atoms with Crippen molar-refractivity contribution in [2.75, 3.05) is 11.1 Å². The van der Waals surface area contributed by atoms with E-state index in [0.717, 1.165) is 28.5 Å². The van der Waals surface area contributed by atoms with Gasteiger partial charge in [-0.15, -0.1) is 0 Å². The van der Waals surface area contributed by atoms with Crippen molar-refractivity contribution in [2.45, 2.75) is 18.6 Å². The summed E-state index contributed by atoms with van der Waals surface area (Å²) in [6.45, 7) is 2.91. The van der Waals surface area contributed by atoms with Crippen LogP contribution in [0.25, 0.3) is 11.1 Å². The van der Waals surface area contributed by atoms with Crippen molar-refractivity contribution in [3.05, 3.63) is 67.0 Å². The number of hydrogen-bond donors (Lipinski definition) is 1. The number of aryl methyl sites for hydroxylation is 1. The fourth-order valence-electron chi connectivity index (χ4n) is 2.45. The summed E-state index contributed by atoms with van der Waals surface area (Å²) in [5.74, 6) is 0.300. The number of thioether (sulfide) groups is 1. The molecule has 0 aliphatic carbocycles. The summed E-state index contributed by atoms with van der Waals surface area (Å²) in [5, 5.41) is 3.88. The minimum Gasteiger partial charge on any atom is -0.326 e. The van der Waals surface area contributed by atoms with Crippen LogP contribution in [0.1, 0.15) is 6.92 Å². The molecule has 0 radical (unpaired) electrons. The van der Waals surface area contributed by atoms with Gasteiger partial charge >= 0.3 is 0 Å². The van der Waals surface area contributed by atoms with E-state index in [1.807, 2.05) is 65.4 Å². The second-order valence-corrected chi connectivity index (χ2v) is 6.19. The third-order valence-corrected chi connectivity index (χ3v) is 4.64. The molecule has 1 aromatic heterocycles. The molecule has 0 saturated heterocycles. The number of nitrogens with zero attached hydrogens (tertiary/aromatic N) is 2. The number of amides is 1. The summed E-state index contributed by atoms with van der Waals surface area (Å²) in [6.07, 6.45) is 3.68. The number of imidazole rings is 1. The van der Waals surface area contributed by atoms with Gasteiger partial charge in [0.05, 0.1) is 5.75 Å². The predicted molar refractivity (Wildman–Crippen MR) is 99.1 cm³/mol. The normalized spacial score (nSPS) is 10.5. The van der Waals surface area contributed by atoms with Gasteiger partial charge in [-0.05, 0) is 18.6 Å². The Balaban J connectivity index is 1.69. The molecule has 4 nitrogen and oxygen atoms in total. The van der Waals surface area contributed by atoms with Crippen LogP contribution in [0.5, 0.6) is 0 Å². The molecule has 0 spiro atoms. The molecule has 0 unspecified atom stereocenters. The lowest BCUT2D eigenvalue weighted by molar-refractivity contribution is -0.113. The third kappa shape index (κ3) is 3.86. The average Bonchev–Trinajstić information content (AvgIpc) is 3.09. The van der Waals surface area contributed by atoms with Gasteiger partial charge in [-0.25, -0.2) is 4.98 Å². The van der Waals surface area contributed by atoms with E-state index in [1.54, 1.807) is 6.20 Å². The summed E-state index contributed by atoms with van der Waals surface area (Å²) in [7, 11) is 0. The Labute approximate surface area is 145 Å². The van der Waals surface area contributed by atoms with Crippen LogP contribution in [0.4, 0.5) is 5.69 Å². The van der Waals surface area contributed by atoms with Crippen molar-refractivity contribution in [1.82, 2.24) is 9.55 Å². The molecule has 3 aromatic rings. The number of hydrogen-bond acceptors (Lipinski definition) is 3. The van der Waals surface area contributed by atoms with Gasteiger partial charge in [0.2, 0.25) is 5.91 Å². The molecule has 5 heteroatoms. The standard InChI is InChI=1S/C19H19N3OS/c1-2-22-13-12-20-19(22)24-14-18(23)21-17-11-7-6-10-16(17)15-8-4-3-5-9-15/h3-13H,2,14H2,1H3,(H,21,23). The Morgan fingerprint density at radius 1 is 1.12 bits per heavy atom. The highest BCUT2D eigenvalue weighted by atomic mass is 32.2. The number of carbonyl (C=O) groups is 1. The van der Waals surface area contributed by atoms with Gasteiger partial charge in [-0.3, -0.25) is 4.79 Å². The molecule has 1 N–H and O–H groups in total. The fraction of sp³-hybridized carbons (Fsp3) is 0.158. The van der Waals surface area contributed by atoms with Crippen LogP contribution in [0, 0.1) is 0 Å². The van der Waals surface area contributed by atoms with Crippen LogP contribution >= 0.6 is 11.8 Å². The molecule has 0 fully saturated rings. The Kier molecular flexibility index (Phi) is 5.33. The lowest BCUT2D eigenvalue weighted by Gasteiger charge is -2.11. The van der Waals surface area contributed by atoms with Crippen LogP contribution in [-0.4, -0.2) is 21.2 Å². The number of rotatable bonds is 6. The minimum absolute atomic E-state index is 0.0333. The lowest BCUT2D eigenvalue weighted by Crippen LogP contribution is -2.15. The molecule has 1 heterocycles. The average molecular weight is 337 g/mol. The minimum atomic E-state index is -0.0333. The molecule has 0 atom stereocenters. The highest BCUT2D eigenvalue weighted by molar-refractivity contribution is 7.99. The number of carbonyl (C=O) groups excluding carboxylic acids is 1. The quantitative estimate of drug-likeness (QED) is 0.682. The monoisotopic (exact) mass is 337 g/mol. The topological polar surface area (TPSA) is 46.9 Å². The summed E-state index contributed by atoms with van der Waals surface area (Å²) in [5.41, 5.74) is 2.93. The highest BCUT2D eigenvalue weighted by Crippen LogP contribution is 2.27. The van der Waals surface area contributed by atoms with Crippen LogP contribution in [-0.2, 0) is 11.3 Å². The largest absolute Gasteiger partial charge is 0.326 e. The van der Waals surface area contributed by atoms with Gasteiger partial charge in [0.15, 0.2) is 5.16 Å². The third-order valence-electron chi connectivity index (χ3n) is 3.64. The summed E-state index contributed by atoms with van der Waals surface area (Å²) < 4.78 is 2.02. The summed E-state index contributed by atoms with van der Waals surface area (Å²) >= 11 is 1.45. The van der Waals surface area contributed by atoms with E-state index >= 15 is 0 Å². The number of aromatic nitrogens is 2. The first-order valence-electron chi connectivity index (χ1n) is 7.86. The van der Waals surface area contributed by atoms with E-state index in [-0.39, 0.29) is 5.91 Å². The maximum atomic E-state index is 12.3. The van der Waals surface area contributed by atoms with Gasteiger partial charge < -0.3 is 9.88 Å². The molecule has 1 amide bonds. The highest BCUT2D eigenvalue weighted by Gasteiger charge is 2.10. The van der Waals surface area contributed by atoms with Gasteiger partial charge in [-0.2, -0.15) is 0 Å². The van der Waals surface area contributed by atoms with Crippen molar-refractivity contribution >= 4 is 23.4 Å². The van der Waals surface area contributed by atoms with E-state index in [2.05, 4.69) is 17.2 Å². The van der Waals surface area contributed by atoms with Gasteiger partial charge in [0.1, 0.15) is 0 Å². The molecule has 0 aliphatic heterocycles. The Bertz CT molecular complexity index is 814. The molecule has 3 rings (SSSR count). The van der Waals surface area contributed by atoms with Crippen LogP contribution in [0.2, 0.25) is 0 Å². The summed E-state index contributed by atoms with van der Waals surface area (Å²) in [4.78, 5) is 16.6. The van der Waals surface area contributed by atoms with E-state index in [4.69, 9.17) is 0 Å². The second-order valence-electron chi connectivity index (χ2n) is 5.24.